The number of nitrogens with zero attached hydrogens (tertiary/aromatic N) is 1. The molecule has 16 heavy (non-hydrogen) atoms. The van der Waals surface area contributed by atoms with Gasteiger partial charge < -0.3 is 10.2 Å². The summed E-state index contributed by atoms with van der Waals surface area (Å²) >= 11 is 0. The summed E-state index contributed by atoms with van der Waals surface area (Å²) in [6.07, 6.45) is -3.79. The van der Waals surface area contributed by atoms with Gasteiger partial charge in [0.05, 0.1) is 5.56 Å². The first-order valence-electron chi connectivity index (χ1n) is 4.20. The highest BCUT2D eigenvalue weighted by molar-refractivity contribution is 5.87. The van der Waals surface area contributed by atoms with Crippen molar-refractivity contribution in [1.29, 1.82) is 0 Å². The Morgan fingerprint density at radius 3 is 2.38 bits per heavy atom. The molecule has 0 saturated carbocycles. The van der Waals surface area contributed by atoms with E-state index in [-0.39, 0.29) is 6.61 Å². The first-order chi connectivity index (χ1) is 7.32. The molecular formula is C9H10F3NO3. The quantitative estimate of drug-likeness (QED) is 0.781. The van der Waals surface area contributed by atoms with Crippen LogP contribution in [0.5, 0.6) is 0 Å². The van der Waals surface area contributed by atoms with Gasteiger partial charge >= 0.3 is 12.1 Å². The molecule has 0 spiro atoms. The maximum absolute atomic E-state index is 12.0. The van der Waals surface area contributed by atoms with E-state index in [1.807, 2.05) is 0 Å². The Morgan fingerprint density at radius 2 is 2.00 bits per heavy atom. The number of aliphatic hydroxyl groups excluding tert-OH is 1. The zero-order chi connectivity index (χ0) is 12.8. The number of carboxylic acids is 1. The summed E-state index contributed by atoms with van der Waals surface area (Å²) in [5.41, 5.74) is -1.63. The second-order valence-electron chi connectivity index (χ2n) is 2.55. The molecule has 0 atom stereocenters. The predicted octanol–water partition coefficient (Wildman–Crippen LogP) is 1.80. The Kier molecular flexibility index (Phi) is 5.44. The minimum atomic E-state index is -4.61. The maximum Gasteiger partial charge on any atom is 0.433 e. The minimum Gasteiger partial charge on any atom is -0.478 e. The van der Waals surface area contributed by atoms with Crippen molar-refractivity contribution in [3.8, 4) is 0 Å². The summed E-state index contributed by atoms with van der Waals surface area (Å²) in [5.74, 6) is -1.41. The van der Waals surface area contributed by atoms with Crippen LogP contribution in [-0.2, 0) is 6.18 Å². The third-order valence-electron chi connectivity index (χ3n) is 1.30. The van der Waals surface area contributed by atoms with Crippen LogP contribution in [0.1, 0.15) is 23.0 Å². The molecule has 2 N–H and O–H groups in total. The Labute approximate surface area is 89.4 Å². The van der Waals surface area contributed by atoms with Crippen LogP contribution in [-0.4, -0.2) is 27.8 Å². The van der Waals surface area contributed by atoms with Gasteiger partial charge in [0.15, 0.2) is 0 Å². The molecule has 1 aromatic rings. The molecule has 0 saturated heterocycles. The largest absolute Gasteiger partial charge is 0.478 e. The van der Waals surface area contributed by atoms with Crippen molar-refractivity contribution in [2.75, 3.05) is 6.61 Å². The third-order valence-corrected chi connectivity index (χ3v) is 1.30. The van der Waals surface area contributed by atoms with E-state index in [9.17, 15) is 18.0 Å². The SMILES string of the molecule is CCO.O=C(O)c1ccnc(C(F)(F)F)c1. The summed E-state index contributed by atoms with van der Waals surface area (Å²) in [6.45, 7) is 1.93. The van der Waals surface area contributed by atoms with Crippen molar-refractivity contribution in [2.24, 2.45) is 0 Å². The number of aromatic nitrogens is 1. The summed E-state index contributed by atoms with van der Waals surface area (Å²) in [7, 11) is 0. The molecule has 1 aromatic heterocycles. The molecule has 0 aliphatic heterocycles. The van der Waals surface area contributed by atoms with Gasteiger partial charge in [0.25, 0.3) is 0 Å². The van der Waals surface area contributed by atoms with Gasteiger partial charge in [-0.2, -0.15) is 13.2 Å². The number of aromatic carboxylic acids is 1. The molecule has 4 nitrogen and oxygen atoms in total. The van der Waals surface area contributed by atoms with E-state index in [0.717, 1.165) is 12.3 Å². The van der Waals surface area contributed by atoms with Gasteiger partial charge in [0.1, 0.15) is 5.69 Å². The highest BCUT2D eigenvalue weighted by atomic mass is 19.4. The van der Waals surface area contributed by atoms with Crippen molar-refractivity contribution in [3.63, 3.8) is 0 Å². The fourth-order valence-corrected chi connectivity index (χ4v) is 0.719. The molecule has 90 valence electrons. The highest BCUT2D eigenvalue weighted by Crippen LogP contribution is 2.27. The summed E-state index contributed by atoms with van der Waals surface area (Å²) in [6, 6.07) is 1.49. The maximum atomic E-state index is 12.0. The number of aliphatic hydroxyl groups is 1. The third kappa shape index (κ3) is 4.74. The zero-order valence-corrected chi connectivity index (χ0v) is 8.32. The van der Waals surface area contributed by atoms with Crippen molar-refractivity contribution in [3.05, 3.63) is 29.6 Å². The average molecular weight is 237 g/mol. The zero-order valence-electron chi connectivity index (χ0n) is 8.32. The van der Waals surface area contributed by atoms with Crippen LogP contribution in [0.4, 0.5) is 13.2 Å². The van der Waals surface area contributed by atoms with Gasteiger partial charge in [0.2, 0.25) is 0 Å². The van der Waals surface area contributed by atoms with Crippen LogP contribution in [0.2, 0.25) is 0 Å². The van der Waals surface area contributed by atoms with E-state index < -0.39 is 23.4 Å². The van der Waals surface area contributed by atoms with E-state index in [4.69, 9.17) is 10.2 Å². The average Bonchev–Trinajstić information content (AvgIpc) is 2.18. The molecule has 0 bridgehead atoms. The molecule has 0 aromatic carbocycles. The van der Waals surface area contributed by atoms with Crippen LogP contribution in [0.3, 0.4) is 0 Å². The molecule has 1 rings (SSSR count). The van der Waals surface area contributed by atoms with Gasteiger partial charge in [-0.15, -0.1) is 0 Å². The van der Waals surface area contributed by atoms with E-state index in [0.29, 0.717) is 6.07 Å². The van der Waals surface area contributed by atoms with Crippen molar-refractivity contribution in [2.45, 2.75) is 13.1 Å². The first kappa shape index (κ1) is 14.4. The van der Waals surface area contributed by atoms with Crippen LogP contribution < -0.4 is 0 Å². The fourth-order valence-electron chi connectivity index (χ4n) is 0.719. The van der Waals surface area contributed by atoms with Gasteiger partial charge in [-0.3, -0.25) is 4.98 Å². The van der Waals surface area contributed by atoms with Crippen LogP contribution in [0, 0.1) is 0 Å². The van der Waals surface area contributed by atoms with E-state index in [1.54, 1.807) is 6.92 Å². The van der Waals surface area contributed by atoms with E-state index in [2.05, 4.69) is 4.98 Å². The number of carbonyl (C=O) groups is 1. The smallest absolute Gasteiger partial charge is 0.433 e. The number of hydrogen-bond acceptors (Lipinski definition) is 3. The lowest BCUT2D eigenvalue weighted by molar-refractivity contribution is -0.141. The summed E-state index contributed by atoms with van der Waals surface area (Å²) in [4.78, 5) is 13.3. The van der Waals surface area contributed by atoms with E-state index in [1.165, 1.54) is 0 Å². The monoisotopic (exact) mass is 237 g/mol. The Hall–Kier alpha value is -1.63. The van der Waals surface area contributed by atoms with Crippen LogP contribution in [0.15, 0.2) is 18.3 Å². The second-order valence-corrected chi connectivity index (χ2v) is 2.55. The molecule has 0 amide bonds. The number of pyridine rings is 1. The van der Waals surface area contributed by atoms with Crippen LogP contribution >= 0.6 is 0 Å². The number of halogens is 3. The second kappa shape index (κ2) is 6.06. The lowest BCUT2D eigenvalue weighted by Crippen LogP contribution is -2.09. The van der Waals surface area contributed by atoms with Crippen molar-refractivity contribution < 1.29 is 28.2 Å². The normalized spacial score (nSPS) is 10.3. The number of hydrogen-bond donors (Lipinski definition) is 2. The molecule has 1 heterocycles. The summed E-state index contributed by atoms with van der Waals surface area (Å²) in [5, 5.41) is 15.9. The standard InChI is InChI=1S/C7H4F3NO2.C2H6O/c8-7(9,10)5-3-4(6(12)13)1-2-11-5;1-2-3/h1-3H,(H,12,13);3H,2H2,1H3. The molecule has 0 aliphatic carbocycles. The minimum absolute atomic E-state index is 0.250. The molecule has 7 heteroatoms. The molecule has 0 fully saturated rings. The van der Waals surface area contributed by atoms with Gasteiger partial charge in [-0.05, 0) is 19.1 Å². The fraction of sp³-hybridized carbons (Fsp3) is 0.333. The Bertz CT molecular complexity index is 352. The lowest BCUT2D eigenvalue weighted by Gasteiger charge is -2.04. The first-order valence-corrected chi connectivity index (χ1v) is 4.20. The molecular weight excluding hydrogens is 227 g/mol. The van der Waals surface area contributed by atoms with Gasteiger partial charge in [-0.25, -0.2) is 4.79 Å². The Morgan fingerprint density at radius 1 is 1.50 bits per heavy atom. The number of rotatable bonds is 1. The number of carboxylic acid groups (broad SMARTS) is 1. The Balaban J connectivity index is 0.000000673. The summed E-state index contributed by atoms with van der Waals surface area (Å²) < 4.78 is 35.9. The molecule has 0 unspecified atom stereocenters. The van der Waals surface area contributed by atoms with Gasteiger partial charge in [-0.1, -0.05) is 0 Å². The van der Waals surface area contributed by atoms with Crippen molar-refractivity contribution in [1.82, 2.24) is 4.98 Å². The topological polar surface area (TPSA) is 70.4 Å². The van der Waals surface area contributed by atoms with E-state index >= 15 is 0 Å². The molecule has 0 radical (unpaired) electrons. The predicted molar refractivity (Wildman–Crippen MR) is 49.0 cm³/mol. The highest BCUT2D eigenvalue weighted by Gasteiger charge is 2.32. The van der Waals surface area contributed by atoms with Gasteiger partial charge in [0, 0.05) is 12.8 Å². The van der Waals surface area contributed by atoms with Crippen LogP contribution in [0.25, 0.3) is 0 Å². The number of alkyl halides is 3. The lowest BCUT2D eigenvalue weighted by atomic mass is 10.2. The molecule has 0 aliphatic rings. The van der Waals surface area contributed by atoms with Crippen molar-refractivity contribution >= 4 is 5.97 Å².